The van der Waals surface area contributed by atoms with Crippen LogP contribution in [0.2, 0.25) is 0 Å². The predicted octanol–water partition coefficient (Wildman–Crippen LogP) is 1.27. The van der Waals surface area contributed by atoms with Gasteiger partial charge >= 0.3 is 0 Å². The van der Waals surface area contributed by atoms with Crippen molar-refractivity contribution in [1.29, 1.82) is 0 Å². The van der Waals surface area contributed by atoms with Gasteiger partial charge in [0.25, 0.3) is 0 Å². The molecule has 1 atom stereocenters. The first-order valence-electron chi connectivity index (χ1n) is 5.86. The van der Waals surface area contributed by atoms with Crippen LogP contribution in [0.3, 0.4) is 0 Å². The third-order valence-electron chi connectivity index (χ3n) is 3.00. The Morgan fingerprint density at radius 2 is 2.12 bits per heavy atom. The Bertz CT molecular complexity index is 302. The molecule has 3 nitrogen and oxygen atoms in total. The zero-order valence-corrected chi connectivity index (χ0v) is 9.51. The zero-order chi connectivity index (χ0) is 11.2. The van der Waals surface area contributed by atoms with Crippen molar-refractivity contribution < 1.29 is 9.84 Å². The summed E-state index contributed by atoms with van der Waals surface area (Å²) in [6.45, 7) is 3.52. The molecule has 0 saturated carbocycles. The number of ether oxygens (including phenoxy) is 1. The van der Waals surface area contributed by atoms with Gasteiger partial charge < -0.3 is 9.84 Å². The summed E-state index contributed by atoms with van der Waals surface area (Å²) in [5, 5.41) is 9.34. The molecule has 0 aromatic heterocycles. The van der Waals surface area contributed by atoms with Crippen LogP contribution in [0.5, 0.6) is 0 Å². The fraction of sp³-hybridized carbons (Fsp3) is 0.538. The predicted molar refractivity (Wildman–Crippen MR) is 63.2 cm³/mol. The molecule has 0 spiro atoms. The van der Waals surface area contributed by atoms with E-state index in [1.54, 1.807) is 0 Å². The van der Waals surface area contributed by atoms with E-state index in [-0.39, 0.29) is 12.6 Å². The molecule has 3 heteroatoms. The zero-order valence-electron chi connectivity index (χ0n) is 9.51. The first-order valence-corrected chi connectivity index (χ1v) is 5.86. The average Bonchev–Trinajstić information content (AvgIpc) is 2.55. The lowest BCUT2D eigenvalue weighted by Crippen LogP contribution is -2.39. The number of aliphatic hydroxyl groups excluding tert-OH is 1. The minimum atomic E-state index is 0.141. The second-order valence-electron chi connectivity index (χ2n) is 4.22. The van der Waals surface area contributed by atoms with Gasteiger partial charge in [0.2, 0.25) is 0 Å². The molecule has 0 radical (unpaired) electrons. The second-order valence-corrected chi connectivity index (χ2v) is 4.22. The van der Waals surface area contributed by atoms with E-state index >= 15 is 0 Å². The Balaban J connectivity index is 2.00. The van der Waals surface area contributed by atoms with Crippen LogP contribution in [0.4, 0.5) is 0 Å². The molecule has 0 bridgehead atoms. The smallest absolute Gasteiger partial charge is 0.0644 e. The molecule has 1 fully saturated rings. The van der Waals surface area contributed by atoms with Crippen LogP contribution in [0, 0.1) is 0 Å². The highest BCUT2D eigenvalue weighted by atomic mass is 16.5. The van der Waals surface area contributed by atoms with E-state index < -0.39 is 0 Å². The third kappa shape index (κ3) is 3.04. The summed E-state index contributed by atoms with van der Waals surface area (Å²) in [5.74, 6) is 0. The van der Waals surface area contributed by atoms with Crippen molar-refractivity contribution >= 4 is 0 Å². The van der Waals surface area contributed by atoms with Gasteiger partial charge in [0, 0.05) is 19.7 Å². The van der Waals surface area contributed by atoms with E-state index in [9.17, 15) is 5.11 Å². The van der Waals surface area contributed by atoms with E-state index in [0.717, 1.165) is 26.1 Å². The maximum atomic E-state index is 9.34. The van der Waals surface area contributed by atoms with Crippen molar-refractivity contribution in [1.82, 2.24) is 4.90 Å². The average molecular weight is 221 g/mol. The van der Waals surface area contributed by atoms with Crippen molar-refractivity contribution in [2.24, 2.45) is 0 Å². The summed E-state index contributed by atoms with van der Waals surface area (Å²) < 4.78 is 5.46. The van der Waals surface area contributed by atoms with E-state index in [4.69, 9.17) is 4.74 Å². The molecule has 88 valence electrons. The topological polar surface area (TPSA) is 32.7 Å². The number of hydrogen-bond donors (Lipinski definition) is 1. The Labute approximate surface area is 96.6 Å². The molecule has 0 aliphatic carbocycles. The SMILES string of the molecule is OC[C@@H]1COCCCN1Cc1ccccc1. The fourth-order valence-electron chi connectivity index (χ4n) is 2.07. The number of nitrogens with zero attached hydrogens (tertiary/aromatic N) is 1. The second kappa shape index (κ2) is 5.99. The van der Waals surface area contributed by atoms with Crippen LogP contribution >= 0.6 is 0 Å². The largest absolute Gasteiger partial charge is 0.395 e. The molecule has 1 aliphatic heterocycles. The van der Waals surface area contributed by atoms with Gasteiger partial charge in [-0.2, -0.15) is 0 Å². The minimum absolute atomic E-state index is 0.141. The normalized spacial score (nSPS) is 22.9. The molecule has 1 aromatic carbocycles. The summed E-state index contributed by atoms with van der Waals surface area (Å²) in [7, 11) is 0. The number of rotatable bonds is 3. The lowest BCUT2D eigenvalue weighted by atomic mass is 10.2. The van der Waals surface area contributed by atoms with Gasteiger partial charge in [-0.05, 0) is 12.0 Å². The maximum Gasteiger partial charge on any atom is 0.0644 e. The maximum absolute atomic E-state index is 9.34. The monoisotopic (exact) mass is 221 g/mol. The highest BCUT2D eigenvalue weighted by molar-refractivity contribution is 5.14. The Morgan fingerprint density at radius 3 is 2.88 bits per heavy atom. The molecule has 1 saturated heterocycles. The quantitative estimate of drug-likeness (QED) is 0.834. The van der Waals surface area contributed by atoms with Gasteiger partial charge in [-0.15, -0.1) is 0 Å². The third-order valence-corrected chi connectivity index (χ3v) is 3.00. The number of aliphatic hydroxyl groups is 1. The molecular formula is C13H19NO2. The molecule has 2 rings (SSSR count). The van der Waals surface area contributed by atoms with Crippen molar-refractivity contribution in [3.05, 3.63) is 35.9 Å². The highest BCUT2D eigenvalue weighted by Crippen LogP contribution is 2.12. The summed E-state index contributed by atoms with van der Waals surface area (Å²) in [4.78, 5) is 2.31. The van der Waals surface area contributed by atoms with Crippen LogP contribution in [-0.4, -0.2) is 42.4 Å². The molecule has 1 N–H and O–H groups in total. The van der Waals surface area contributed by atoms with E-state index in [1.165, 1.54) is 5.56 Å². The van der Waals surface area contributed by atoms with Gasteiger partial charge in [-0.1, -0.05) is 30.3 Å². The first kappa shape index (κ1) is 11.6. The minimum Gasteiger partial charge on any atom is -0.395 e. The van der Waals surface area contributed by atoms with Crippen LogP contribution in [0.1, 0.15) is 12.0 Å². The molecule has 16 heavy (non-hydrogen) atoms. The Morgan fingerprint density at radius 1 is 1.31 bits per heavy atom. The molecule has 1 aromatic rings. The van der Waals surface area contributed by atoms with Crippen LogP contribution in [-0.2, 0) is 11.3 Å². The van der Waals surface area contributed by atoms with E-state index in [1.807, 2.05) is 6.07 Å². The van der Waals surface area contributed by atoms with Crippen molar-refractivity contribution in [2.75, 3.05) is 26.4 Å². The van der Waals surface area contributed by atoms with E-state index in [0.29, 0.717) is 6.61 Å². The fourth-order valence-corrected chi connectivity index (χ4v) is 2.07. The standard InChI is InChI=1S/C13H19NO2/c15-10-13-11-16-8-4-7-14(13)9-12-5-2-1-3-6-12/h1-3,5-6,13,15H,4,7-11H2/t13-/m1/s1. The van der Waals surface area contributed by atoms with E-state index in [2.05, 4.69) is 29.2 Å². The highest BCUT2D eigenvalue weighted by Gasteiger charge is 2.20. The lowest BCUT2D eigenvalue weighted by Gasteiger charge is -2.27. The van der Waals surface area contributed by atoms with Gasteiger partial charge in [-0.3, -0.25) is 4.90 Å². The lowest BCUT2D eigenvalue weighted by molar-refractivity contribution is 0.0619. The van der Waals surface area contributed by atoms with Crippen LogP contribution < -0.4 is 0 Å². The van der Waals surface area contributed by atoms with Gasteiger partial charge in [-0.25, -0.2) is 0 Å². The summed E-state index contributed by atoms with van der Waals surface area (Å²) in [6.07, 6.45) is 1.04. The Kier molecular flexibility index (Phi) is 4.34. The van der Waals surface area contributed by atoms with Crippen LogP contribution in [0.15, 0.2) is 30.3 Å². The Hall–Kier alpha value is -0.900. The molecular weight excluding hydrogens is 202 g/mol. The molecule has 1 aliphatic rings. The summed E-state index contributed by atoms with van der Waals surface area (Å²) in [6, 6.07) is 10.5. The first-order chi connectivity index (χ1) is 7.90. The van der Waals surface area contributed by atoms with Gasteiger partial charge in [0.05, 0.1) is 19.3 Å². The van der Waals surface area contributed by atoms with Gasteiger partial charge in [0.15, 0.2) is 0 Å². The summed E-state index contributed by atoms with van der Waals surface area (Å²) >= 11 is 0. The molecule has 0 unspecified atom stereocenters. The van der Waals surface area contributed by atoms with Crippen molar-refractivity contribution in [3.8, 4) is 0 Å². The summed E-state index contributed by atoms with van der Waals surface area (Å²) in [5.41, 5.74) is 1.29. The number of benzene rings is 1. The van der Waals surface area contributed by atoms with Crippen molar-refractivity contribution in [3.63, 3.8) is 0 Å². The van der Waals surface area contributed by atoms with Crippen LogP contribution in [0.25, 0.3) is 0 Å². The van der Waals surface area contributed by atoms with Gasteiger partial charge in [0.1, 0.15) is 0 Å². The molecule has 1 heterocycles. The molecule has 0 amide bonds. The van der Waals surface area contributed by atoms with Crippen molar-refractivity contribution in [2.45, 2.75) is 19.0 Å². The number of hydrogen-bond acceptors (Lipinski definition) is 3.